The van der Waals surface area contributed by atoms with Crippen molar-refractivity contribution in [2.75, 3.05) is 6.61 Å². The van der Waals surface area contributed by atoms with Gasteiger partial charge in [-0.25, -0.2) is 0 Å². The molecular weight excluding hydrogens is 230 g/mol. The second kappa shape index (κ2) is 6.79. The third kappa shape index (κ3) is 3.87. The van der Waals surface area contributed by atoms with Crippen molar-refractivity contribution in [3.8, 4) is 5.75 Å². The first kappa shape index (κ1) is 14.2. The third-order valence-electron chi connectivity index (χ3n) is 2.61. The molecule has 4 nitrogen and oxygen atoms in total. The van der Waals surface area contributed by atoms with Gasteiger partial charge in [0.05, 0.1) is 12.6 Å². The molecule has 0 spiro atoms. The standard InChI is InChI=1S/C14H19NO3/c1-4-13(16)10(3)15-14(17)11-6-8-12(9-7-11)18-5-2/h6-10H,4-5H2,1-3H3,(H,15,17). The van der Waals surface area contributed by atoms with Gasteiger partial charge in [-0.15, -0.1) is 0 Å². The minimum atomic E-state index is -0.450. The Hall–Kier alpha value is -1.84. The van der Waals surface area contributed by atoms with Gasteiger partial charge in [0.25, 0.3) is 5.91 Å². The molecule has 0 heterocycles. The molecule has 0 bridgehead atoms. The molecular formula is C14H19NO3. The van der Waals surface area contributed by atoms with Crippen molar-refractivity contribution >= 4 is 11.7 Å². The summed E-state index contributed by atoms with van der Waals surface area (Å²) in [5, 5.41) is 2.67. The number of Topliss-reactive ketones (excluding diaryl/α,β-unsaturated/α-hetero) is 1. The topological polar surface area (TPSA) is 55.4 Å². The molecule has 0 fully saturated rings. The van der Waals surface area contributed by atoms with E-state index in [1.54, 1.807) is 38.1 Å². The summed E-state index contributed by atoms with van der Waals surface area (Å²) in [6, 6.07) is 6.40. The predicted octanol–water partition coefficient (Wildman–Crippen LogP) is 2.18. The molecule has 1 aromatic carbocycles. The minimum absolute atomic E-state index is 0.0225. The van der Waals surface area contributed by atoms with Crippen LogP contribution >= 0.6 is 0 Å². The molecule has 0 aliphatic heterocycles. The van der Waals surface area contributed by atoms with E-state index in [9.17, 15) is 9.59 Å². The summed E-state index contributed by atoms with van der Waals surface area (Å²) in [5.41, 5.74) is 0.522. The van der Waals surface area contributed by atoms with Crippen LogP contribution in [0.15, 0.2) is 24.3 Å². The van der Waals surface area contributed by atoms with Crippen molar-refractivity contribution in [1.29, 1.82) is 0 Å². The van der Waals surface area contributed by atoms with E-state index in [1.807, 2.05) is 6.92 Å². The van der Waals surface area contributed by atoms with Crippen molar-refractivity contribution in [2.45, 2.75) is 33.2 Å². The quantitative estimate of drug-likeness (QED) is 0.840. The number of carbonyl (C=O) groups is 2. The highest BCUT2D eigenvalue weighted by molar-refractivity contribution is 5.97. The second-order valence-corrected chi connectivity index (χ2v) is 3.97. The summed E-state index contributed by atoms with van der Waals surface area (Å²) >= 11 is 0. The monoisotopic (exact) mass is 249 g/mol. The smallest absolute Gasteiger partial charge is 0.251 e. The maximum Gasteiger partial charge on any atom is 0.251 e. The van der Waals surface area contributed by atoms with Gasteiger partial charge in [0.2, 0.25) is 0 Å². The van der Waals surface area contributed by atoms with E-state index < -0.39 is 6.04 Å². The molecule has 1 unspecified atom stereocenters. The minimum Gasteiger partial charge on any atom is -0.494 e. The molecule has 1 aromatic rings. The Morgan fingerprint density at radius 3 is 2.33 bits per heavy atom. The van der Waals surface area contributed by atoms with Crippen molar-refractivity contribution in [1.82, 2.24) is 5.32 Å². The van der Waals surface area contributed by atoms with Gasteiger partial charge in [0.1, 0.15) is 5.75 Å². The first-order valence-corrected chi connectivity index (χ1v) is 6.14. The Labute approximate surface area is 107 Å². The van der Waals surface area contributed by atoms with Crippen molar-refractivity contribution in [3.63, 3.8) is 0 Å². The van der Waals surface area contributed by atoms with E-state index in [2.05, 4.69) is 5.32 Å². The van der Waals surface area contributed by atoms with Crippen LogP contribution in [0.2, 0.25) is 0 Å². The summed E-state index contributed by atoms with van der Waals surface area (Å²) in [6.07, 6.45) is 0.421. The molecule has 4 heteroatoms. The summed E-state index contributed by atoms with van der Waals surface area (Å²) in [4.78, 5) is 23.2. The van der Waals surface area contributed by atoms with E-state index in [-0.39, 0.29) is 11.7 Å². The lowest BCUT2D eigenvalue weighted by Crippen LogP contribution is -2.38. The van der Waals surface area contributed by atoms with Gasteiger partial charge >= 0.3 is 0 Å². The van der Waals surface area contributed by atoms with Gasteiger partial charge in [-0.3, -0.25) is 9.59 Å². The number of benzene rings is 1. The predicted molar refractivity (Wildman–Crippen MR) is 69.8 cm³/mol. The van der Waals surface area contributed by atoms with Gasteiger partial charge in [-0.1, -0.05) is 6.92 Å². The van der Waals surface area contributed by atoms with E-state index in [0.29, 0.717) is 18.6 Å². The Kier molecular flexibility index (Phi) is 5.36. The van der Waals surface area contributed by atoms with Gasteiger partial charge < -0.3 is 10.1 Å². The number of hydrogen-bond acceptors (Lipinski definition) is 3. The highest BCUT2D eigenvalue weighted by Crippen LogP contribution is 2.12. The van der Waals surface area contributed by atoms with E-state index in [1.165, 1.54) is 0 Å². The molecule has 1 amide bonds. The molecule has 0 saturated heterocycles. The number of hydrogen-bond donors (Lipinski definition) is 1. The van der Waals surface area contributed by atoms with Crippen LogP contribution in [0.5, 0.6) is 5.75 Å². The fourth-order valence-corrected chi connectivity index (χ4v) is 1.54. The fourth-order valence-electron chi connectivity index (χ4n) is 1.54. The van der Waals surface area contributed by atoms with E-state index >= 15 is 0 Å². The van der Waals surface area contributed by atoms with Crippen LogP contribution in [0.1, 0.15) is 37.6 Å². The maximum atomic E-state index is 11.8. The largest absolute Gasteiger partial charge is 0.494 e. The number of carbonyl (C=O) groups excluding carboxylic acids is 2. The molecule has 1 rings (SSSR count). The zero-order chi connectivity index (χ0) is 13.5. The summed E-state index contributed by atoms with van der Waals surface area (Å²) < 4.78 is 5.29. The van der Waals surface area contributed by atoms with Crippen molar-refractivity contribution < 1.29 is 14.3 Å². The zero-order valence-corrected chi connectivity index (χ0v) is 11.0. The first-order valence-electron chi connectivity index (χ1n) is 6.14. The highest BCUT2D eigenvalue weighted by Gasteiger charge is 2.14. The molecule has 0 aliphatic carbocycles. The lowest BCUT2D eigenvalue weighted by Gasteiger charge is -2.12. The molecule has 0 aromatic heterocycles. The van der Waals surface area contributed by atoms with Crippen LogP contribution in [0.25, 0.3) is 0 Å². The van der Waals surface area contributed by atoms with E-state index in [0.717, 1.165) is 5.75 Å². The number of nitrogens with one attached hydrogen (secondary N) is 1. The van der Waals surface area contributed by atoms with Gasteiger partial charge in [0.15, 0.2) is 5.78 Å². The van der Waals surface area contributed by atoms with Crippen molar-refractivity contribution in [2.24, 2.45) is 0 Å². The Balaban J connectivity index is 2.64. The molecule has 0 aliphatic rings. The Morgan fingerprint density at radius 1 is 1.22 bits per heavy atom. The highest BCUT2D eigenvalue weighted by atomic mass is 16.5. The molecule has 0 saturated carbocycles. The summed E-state index contributed by atoms with van der Waals surface area (Å²) in [6.45, 7) is 5.96. The zero-order valence-electron chi connectivity index (χ0n) is 11.0. The van der Waals surface area contributed by atoms with Crippen LogP contribution in [-0.4, -0.2) is 24.3 Å². The van der Waals surface area contributed by atoms with Crippen LogP contribution in [0.4, 0.5) is 0 Å². The average Bonchev–Trinajstić information content (AvgIpc) is 2.38. The van der Waals surface area contributed by atoms with Crippen LogP contribution < -0.4 is 10.1 Å². The number of ether oxygens (including phenoxy) is 1. The molecule has 0 radical (unpaired) electrons. The second-order valence-electron chi connectivity index (χ2n) is 3.97. The Morgan fingerprint density at radius 2 is 1.83 bits per heavy atom. The molecule has 98 valence electrons. The SMILES string of the molecule is CCOc1ccc(C(=O)NC(C)C(=O)CC)cc1. The summed E-state index contributed by atoms with van der Waals surface area (Å²) in [7, 11) is 0. The first-order chi connectivity index (χ1) is 8.58. The third-order valence-corrected chi connectivity index (χ3v) is 2.61. The lowest BCUT2D eigenvalue weighted by molar-refractivity contribution is -0.120. The maximum absolute atomic E-state index is 11.8. The van der Waals surface area contributed by atoms with Crippen LogP contribution in [0, 0.1) is 0 Å². The van der Waals surface area contributed by atoms with Gasteiger partial charge in [-0.2, -0.15) is 0 Å². The Bertz CT molecular complexity index is 412. The van der Waals surface area contributed by atoms with Crippen molar-refractivity contribution in [3.05, 3.63) is 29.8 Å². The lowest BCUT2D eigenvalue weighted by atomic mass is 10.1. The number of rotatable bonds is 6. The van der Waals surface area contributed by atoms with Crippen LogP contribution in [0.3, 0.4) is 0 Å². The average molecular weight is 249 g/mol. The molecule has 1 atom stereocenters. The van der Waals surface area contributed by atoms with Crippen LogP contribution in [-0.2, 0) is 4.79 Å². The molecule has 1 N–H and O–H groups in total. The van der Waals surface area contributed by atoms with Gasteiger partial charge in [-0.05, 0) is 38.1 Å². The van der Waals surface area contributed by atoms with E-state index in [4.69, 9.17) is 4.74 Å². The molecule has 18 heavy (non-hydrogen) atoms. The fraction of sp³-hybridized carbons (Fsp3) is 0.429. The number of ketones is 1. The number of amides is 1. The summed E-state index contributed by atoms with van der Waals surface area (Å²) in [5.74, 6) is 0.508. The van der Waals surface area contributed by atoms with Gasteiger partial charge in [0, 0.05) is 12.0 Å². The normalized spacial score (nSPS) is 11.7.